The Morgan fingerprint density at radius 1 is 0.468 bits per heavy atom. The second-order valence-corrected chi connectivity index (χ2v) is 14.2. The Kier molecular flexibility index (Phi) is 37.6. The van der Waals surface area contributed by atoms with Crippen LogP contribution in [0.25, 0.3) is 0 Å². The summed E-state index contributed by atoms with van der Waals surface area (Å²) in [6.45, 7) is 4.54. The number of unbranched alkanes of at least 4 members (excludes halogenated alkanes) is 27. The molecular weight excluding hydrogens is 580 g/mol. The van der Waals surface area contributed by atoms with E-state index in [0.29, 0.717) is 6.42 Å². The molecule has 0 rings (SSSR count). The molecule has 0 saturated carbocycles. The van der Waals surface area contributed by atoms with Gasteiger partial charge in [-0.25, -0.2) is 0 Å². The van der Waals surface area contributed by atoms with Crippen LogP contribution in [-0.2, 0) is 14.3 Å². The highest BCUT2D eigenvalue weighted by atomic mass is 16.5. The molecule has 0 saturated heterocycles. The highest BCUT2D eigenvalue weighted by Crippen LogP contribution is 2.16. The molecule has 0 fully saturated rings. The van der Waals surface area contributed by atoms with Crippen molar-refractivity contribution in [2.45, 2.75) is 238 Å². The fourth-order valence-corrected chi connectivity index (χ4v) is 6.27. The predicted molar refractivity (Wildman–Crippen MR) is 204 cm³/mol. The molecule has 0 bridgehead atoms. The number of esters is 1. The quantitative estimate of drug-likeness (QED) is 0.0407. The first-order valence-electron chi connectivity index (χ1n) is 20.8. The number of allylic oxidation sites excluding steroid dienone is 3. The second-order valence-electron chi connectivity index (χ2n) is 14.2. The minimum Gasteiger partial charge on any atom is -0.481 e. The van der Waals surface area contributed by atoms with Gasteiger partial charge in [0.1, 0.15) is 6.10 Å². The van der Waals surface area contributed by atoms with Crippen molar-refractivity contribution in [3.8, 4) is 0 Å². The van der Waals surface area contributed by atoms with Crippen LogP contribution in [0.4, 0.5) is 0 Å². The summed E-state index contributed by atoms with van der Waals surface area (Å²) in [5, 5.41) is 8.83. The van der Waals surface area contributed by atoms with Crippen LogP contribution in [0.5, 0.6) is 0 Å². The highest BCUT2D eigenvalue weighted by molar-refractivity contribution is 5.69. The van der Waals surface area contributed by atoms with Crippen molar-refractivity contribution >= 4 is 11.9 Å². The van der Waals surface area contributed by atoms with Crippen molar-refractivity contribution in [3.05, 3.63) is 24.3 Å². The third-order valence-electron chi connectivity index (χ3n) is 9.38. The number of carboxylic acids is 1. The van der Waals surface area contributed by atoms with Gasteiger partial charge >= 0.3 is 11.9 Å². The van der Waals surface area contributed by atoms with Crippen LogP contribution in [-0.4, -0.2) is 23.1 Å². The van der Waals surface area contributed by atoms with E-state index in [9.17, 15) is 9.59 Å². The molecule has 1 unspecified atom stereocenters. The lowest BCUT2D eigenvalue weighted by molar-refractivity contribution is -0.147. The molecule has 4 nitrogen and oxygen atoms in total. The summed E-state index contributed by atoms with van der Waals surface area (Å²) in [6, 6.07) is 0. The molecule has 276 valence electrons. The number of carbonyl (C=O) groups is 2. The van der Waals surface area contributed by atoms with E-state index in [4.69, 9.17) is 9.84 Å². The number of rotatable bonds is 38. The van der Waals surface area contributed by atoms with Crippen molar-refractivity contribution in [3.63, 3.8) is 0 Å². The van der Waals surface area contributed by atoms with E-state index < -0.39 is 5.97 Å². The summed E-state index contributed by atoms with van der Waals surface area (Å²) in [4.78, 5) is 23.3. The molecule has 0 radical (unpaired) electrons. The zero-order valence-corrected chi connectivity index (χ0v) is 31.6. The minimum atomic E-state index is -0.719. The Bertz CT molecular complexity index is 713. The summed E-state index contributed by atoms with van der Waals surface area (Å²) in [7, 11) is 0. The molecular formula is C43H80O4. The molecule has 0 aromatic heterocycles. The van der Waals surface area contributed by atoms with Crippen molar-refractivity contribution < 1.29 is 19.4 Å². The van der Waals surface area contributed by atoms with E-state index in [1.54, 1.807) is 0 Å². The summed E-state index contributed by atoms with van der Waals surface area (Å²) < 4.78 is 5.89. The molecule has 1 atom stereocenters. The van der Waals surface area contributed by atoms with Crippen molar-refractivity contribution in [2.75, 3.05) is 0 Å². The van der Waals surface area contributed by atoms with Crippen molar-refractivity contribution in [1.29, 1.82) is 0 Å². The number of hydrogen-bond acceptors (Lipinski definition) is 3. The second kappa shape index (κ2) is 38.9. The first-order chi connectivity index (χ1) is 23.1. The lowest BCUT2D eigenvalue weighted by Crippen LogP contribution is -2.16. The Morgan fingerprint density at radius 2 is 0.830 bits per heavy atom. The Labute approximate surface area is 293 Å². The number of aliphatic carboxylic acids is 1. The molecule has 0 amide bonds. The van der Waals surface area contributed by atoms with Gasteiger partial charge in [0.05, 0.1) is 0 Å². The van der Waals surface area contributed by atoms with Gasteiger partial charge in [-0.2, -0.15) is 0 Å². The van der Waals surface area contributed by atoms with Gasteiger partial charge in [-0.3, -0.25) is 9.59 Å². The first-order valence-corrected chi connectivity index (χ1v) is 20.8. The number of hydrogen-bond donors (Lipinski definition) is 1. The zero-order valence-electron chi connectivity index (χ0n) is 31.6. The fraction of sp³-hybridized carbons (Fsp3) is 0.860. The van der Waals surface area contributed by atoms with Crippen LogP contribution < -0.4 is 0 Å². The molecule has 4 heteroatoms. The molecule has 0 aliphatic carbocycles. The van der Waals surface area contributed by atoms with Crippen molar-refractivity contribution in [2.24, 2.45) is 0 Å². The Hall–Kier alpha value is -1.58. The largest absolute Gasteiger partial charge is 0.481 e. The van der Waals surface area contributed by atoms with Crippen LogP contribution in [0.15, 0.2) is 24.3 Å². The SMILES string of the molecule is CCCCCCCCC/C=C\C(CCCCCCC(=O)O)OC(=O)CCCCCCCCCCC/C=C\CCCCCCCCCC. The highest BCUT2D eigenvalue weighted by Gasteiger charge is 2.11. The zero-order chi connectivity index (χ0) is 34.3. The van der Waals surface area contributed by atoms with Gasteiger partial charge in [-0.1, -0.05) is 173 Å². The lowest BCUT2D eigenvalue weighted by atomic mass is 10.0. The summed E-state index contributed by atoms with van der Waals surface area (Å²) >= 11 is 0. The average molecular weight is 661 g/mol. The summed E-state index contributed by atoms with van der Waals surface area (Å²) in [6.07, 6.45) is 49.4. The van der Waals surface area contributed by atoms with E-state index >= 15 is 0 Å². The van der Waals surface area contributed by atoms with Gasteiger partial charge in [-0.05, 0) is 70.3 Å². The molecule has 0 aliphatic rings. The normalized spacial score (nSPS) is 12.4. The molecule has 0 aromatic rings. The molecule has 0 heterocycles. The molecule has 0 aromatic carbocycles. The molecule has 0 aliphatic heterocycles. The Balaban J connectivity index is 3.86. The van der Waals surface area contributed by atoms with E-state index in [2.05, 4.69) is 38.2 Å². The number of carboxylic acid groups (broad SMARTS) is 1. The van der Waals surface area contributed by atoms with Gasteiger partial charge in [0.15, 0.2) is 0 Å². The van der Waals surface area contributed by atoms with Crippen LogP contribution in [0.1, 0.15) is 232 Å². The van der Waals surface area contributed by atoms with Gasteiger partial charge in [0.25, 0.3) is 0 Å². The summed E-state index contributed by atoms with van der Waals surface area (Å²) in [5.41, 5.74) is 0. The summed E-state index contributed by atoms with van der Waals surface area (Å²) in [5.74, 6) is -0.781. The lowest BCUT2D eigenvalue weighted by Gasteiger charge is -2.15. The van der Waals surface area contributed by atoms with Crippen LogP contribution in [0.3, 0.4) is 0 Å². The van der Waals surface area contributed by atoms with E-state index in [1.807, 2.05) is 0 Å². The van der Waals surface area contributed by atoms with Gasteiger partial charge in [-0.15, -0.1) is 0 Å². The van der Waals surface area contributed by atoms with E-state index in [-0.39, 0.29) is 18.5 Å². The van der Waals surface area contributed by atoms with Crippen LogP contribution in [0, 0.1) is 0 Å². The number of ether oxygens (including phenoxy) is 1. The molecule has 0 spiro atoms. The molecule has 1 N–H and O–H groups in total. The minimum absolute atomic E-state index is 0.0618. The molecule has 47 heavy (non-hydrogen) atoms. The van der Waals surface area contributed by atoms with Gasteiger partial charge in [0, 0.05) is 12.8 Å². The fourth-order valence-electron chi connectivity index (χ4n) is 6.27. The third kappa shape index (κ3) is 38.7. The topological polar surface area (TPSA) is 63.6 Å². The maximum Gasteiger partial charge on any atom is 0.306 e. The van der Waals surface area contributed by atoms with Gasteiger partial charge < -0.3 is 9.84 Å². The number of carbonyl (C=O) groups excluding carboxylic acids is 1. The third-order valence-corrected chi connectivity index (χ3v) is 9.38. The predicted octanol–water partition coefficient (Wildman–Crippen LogP) is 14.4. The monoisotopic (exact) mass is 661 g/mol. The smallest absolute Gasteiger partial charge is 0.306 e. The van der Waals surface area contributed by atoms with Crippen molar-refractivity contribution in [1.82, 2.24) is 0 Å². The standard InChI is InChI=1S/C43H80O4/c1-3-5-7-9-11-13-14-15-16-17-18-19-20-21-22-23-24-26-28-30-36-40-43(46)47-41(38-34-31-32-35-39-42(44)45)37-33-29-27-25-12-10-8-6-4-2/h17-18,33,37,41H,3-16,19-32,34-36,38-40H2,1-2H3,(H,44,45)/b18-17-,37-33-. The first kappa shape index (κ1) is 45.4. The van der Waals surface area contributed by atoms with Crippen LogP contribution in [0.2, 0.25) is 0 Å². The van der Waals surface area contributed by atoms with Crippen LogP contribution >= 0.6 is 0 Å². The Morgan fingerprint density at radius 3 is 1.28 bits per heavy atom. The van der Waals surface area contributed by atoms with E-state index in [1.165, 1.54) is 154 Å². The van der Waals surface area contributed by atoms with Gasteiger partial charge in [0.2, 0.25) is 0 Å². The van der Waals surface area contributed by atoms with E-state index in [0.717, 1.165) is 51.4 Å². The maximum atomic E-state index is 12.6. The average Bonchev–Trinajstić information content (AvgIpc) is 3.05. The maximum absolute atomic E-state index is 12.6.